The van der Waals surface area contributed by atoms with E-state index in [0.29, 0.717) is 24.2 Å². The van der Waals surface area contributed by atoms with Gasteiger partial charge < -0.3 is 10.3 Å². The average molecular weight is 328 g/mol. The Labute approximate surface area is 141 Å². The van der Waals surface area contributed by atoms with Crippen LogP contribution in [0.5, 0.6) is 0 Å². The summed E-state index contributed by atoms with van der Waals surface area (Å²) in [6, 6.07) is 5.08. The standard InChI is InChI=1S/C18H24N4O2/c1-4-15-14(5-6-16(23)20-15)17(24)19-10-18(7-8-18)11-22-13(3)9-12(2)21-22/h5-6,9H,4,7-8,10-11H2,1-3H3,(H,19,24)(H,20,23). The number of rotatable bonds is 6. The Bertz CT molecular complexity index is 815. The summed E-state index contributed by atoms with van der Waals surface area (Å²) in [5.41, 5.74) is 3.34. The molecule has 1 fully saturated rings. The van der Waals surface area contributed by atoms with Crippen molar-refractivity contribution in [1.82, 2.24) is 20.1 Å². The summed E-state index contributed by atoms with van der Waals surface area (Å²) in [5, 5.41) is 7.56. The van der Waals surface area contributed by atoms with Gasteiger partial charge in [0.2, 0.25) is 5.56 Å². The molecule has 3 rings (SSSR count). The highest BCUT2D eigenvalue weighted by Gasteiger charge is 2.43. The molecule has 1 aliphatic carbocycles. The molecule has 0 aromatic carbocycles. The van der Waals surface area contributed by atoms with Crippen LogP contribution in [0.2, 0.25) is 0 Å². The van der Waals surface area contributed by atoms with Gasteiger partial charge in [0.05, 0.1) is 11.3 Å². The van der Waals surface area contributed by atoms with Gasteiger partial charge in [-0.3, -0.25) is 14.3 Å². The van der Waals surface area contributed by atoms with Crippen molar-refractivity contribution in [2.24, 2.45) is 5.41 Å². The van der Waals surface area contributed by atoms with Crippen LogP contribution in [0.1, 0.15) is 47.2 Å². The van der Waals surface area contributed by atoms with Gasteiger partial charge in [-0.2, -0.15) is 5.10 Å². The molecule has 128 valence electrons. The van der Waals surface area contributed by atoms with Crippen LogP contribution < -0.4 is 10.9 Å². The van der Waals surface area contributed by atoms with Crippen LogP contribution in [0.25, 0.3) is 0 Å². The Morgan fingerprint density at radius 2 is 2.12 bits per heavy atom. The first-order valence-corrected chi connectivity index (χ1v) is 8.44. The molecule has 0 radical (unpaired) electrons. The van der Waals surface area contributed by atoms with Crippen LogP contribution in [-0.4, -0.2) is 27.2 Å². The number of aromatic nitrogens is 3. The molecular weight excluding hydrogens is 304 g/mol. The molecule has 6 heteroatoms. The number of pyridine rings is 1. The van der Waals surface area contributed by atoms with E-state index in [0.717, 1.165) is 30.8 Å². The minimum Gasteiger partial charge on any atom is -0.351 e. The Morgan fingerprint density at radius 1 is 1.38 bits per heavy atom. The molecule has 2 aromatic rings. The van der Waals surface area contributed by atoms with Crippen molar-refractivity contribution in [3.05, 3.63) is 51.2 Å². The predicted octanol–water partition coefficient (Wildman–Crippen LogP) is 1.96. The van der Waals surface area contributed by atoms with Crippen LogP contribution in [0.15, 0.2) is 23.0 Å². The normalized spacial score (nSPS) is 15.3. The van der Waals surface area contributed by atoms with Gasteiger partial charge in [-0.1, -0.05) is 6.92 Å². The molecule has 1 aliphatic rings. The number of aromatic amines is 1. The number of amides is 1. The van der Waals surface area contributed by atoms with Crippen LogP contribution in [0, 0.1) is 19.3 Å². The number of H-pyrrole nitrogens is 1. The number of hydrogen-bond donors (Lipinski definition) is 2. The monoisotopic (exact) mass is 328 g/mol. The summed E-state index contributed by atoms with van der Waals surface area (Å²) in [4.78, 5) is 26.6. The van der Waals surface area contributed by atoms with Crippen molar-refractivity contribution in [2.75, 3.05) is 6.54 Å². The third-order valence-corrected chi connectivity index (χ3v) is 4.77. The Balaban J connectivity index is 1.66. The highest BCUT2D eigenvalue weighted by atomic mass is 16.1. The van der Waals surface area contributed by atoms with Gasteiger partial charge in [-0.25, -0.2) is 0 Å². The summed E-state index contributed by atoms with van der Waals surface area (Å²) in [7, 11) is 0. The van der Waals surface area contributed by atoms with E-state index in [2.05, 4.69) is 28.4 Å². The molecule has 0 atom stereocenters. The second-order valence-corrected chi connectivity index (χ2v) is 6.84. The van der Waals surface area contributed by atoms with Gasteiger partial charge in [0.1, 0.15) is 0 Å². The number of carbonyl (C=O) groups is 1. The molecule has 2 heterocycles. The lowest BCUT2D eigenvalue weighted by molar-refractivity contribution is 0.0941. The van der Waals surface area contributed by atoms with E-state index in [1.807, 2.05) is 18.5 Å². The summed E-state index contributed by atoms with van der Waals surface area (Å²) in [6.45, 7) is 7.44. The maximum atomic E-state index is 12.5. The van der Waals surface area contributed by atoms with Crippen molar-refractivity contribution in [1.29, 1.82) is 0 Å². The van der Waals surface area contributed by atoms with E-state index in [9.17, 15) is 9.59 Å². The van der Waals surface area contributed by atoms with Gasteiger partial charge in [0.25, 0.3) is 5.91 Å². The molecule has 0 unspecified atom stereocenters. The van der Waals surface area contributed by atoms with Crippen molar-refractivity contribution >= 4 is 5.91 Å². The summed E-state index contributed by atoms with van der Waals surface area (Å²) in [5.74, 6) is -0.122. The number of carbonyl (C=O) groups excluding carboxylic acids is 1. The topological polar surface area (TPSA) is 79.8 Å². The molecule has 1 saturated carbocycles. The molecule has 2 N–H and O–H groups in total. The molecule has 6 nitrogen and oxygen atoms in total. The Morgan fingerprint density at radius 3 is 2.71 bits per heavy atom. The van der Waals surface area contributed by atoms with Gasteiger partial charge in [0, 0.05) is 36.0 Å². The van der Waals surface area contributed by atoms with Gasteiger partial charge >= 0.3 is 0 Å². The molecule has 0 saturated heterocycles. The van der Waals surface area contributed by atoms with Gasteiger partial charge in [0.15, 0.2) is 0 Å². The third-order valence-electron chi connectivity index (χ3n) is 4.77. The zero-order valence-electron chi connectivity index (χ0n) is 14.5. The van der Waals surface area contributed by atoms with E-state index in [1.54, 1.807) is 6.07 Å². The SMILES string of the molecule is CCc1[nH]c(=O)ccc1C(=O)NCC1(Cn2nc(C)cc2C)CC1. The first-order valence-electron chi connectivity index (χ1n) is 8.44. The maximum absolute atomic E-state index is 12.5. The van der Waals surface area contributed by atoms with E-state index in [-0.39, 0.29) is 16.9 Å². The lowest BCUT2D eigenvalue weighted by Gasteiger charge is -2.18. The van der Waals surface area contributed by atoms with Crippen LogP contribution in [0.4, 0.5) is 0 Å². The number of hydrogen-bond acceptors (Lipinski definition) is 3. The van der Waals surface area contributed by atoms with Crippen LogP contribution >= 0.6 is 0 Å². The molecule has 0 bridgehead atoms. The second-order valence-electron chi connectivity index (χ2n) is 6.84. The molecule has 0 spiro atoms. The first kappa shape index (κ1) is 16.5. The predicted molar refractivity (Wildman–Crippen MR) is 92.1 cm³/mol. The van der Waals surface area contributed by atoms with Crippen molar-refractivity contribution in [3.8, 4) is 0 Å². The van der Waals surface area contributed by atoms with Gasteiger partial charge in [-0.05, 0) is 45.2 Å². The minimum atomic E-state index is -0.174. The highest BCUT2D eigenvalue weighted by molar-refractivity contribution is 5.95. The Kier molecular flexibility index (Phi) is 4.30. The lowest BCUT2D eigenvalue weighted by atomic mass is 10.1. The second kappa shape index (κ2) is 6.26. The highest BCUT2D eigenvalue weighted by Crippen LogP contribution is 2.46. The van der Waals surface area contributed by atoms with E-state index in [4.69, 9.17) is 0 Å². The van der Waals surface area contributed by atoms with Crippen molar-refractivity contribution in [2.45, 2.75) is 46.6 Å². The molecule has 24 heavy (non-hydrogen) atoms. The average Bonchev–Trinajstić information content (AvgIpc) is 3.24. The zero-order valence-corrected chi connectivity index (χ0v) is 14.5. The van der Waals surface area contributed by atoms with Gasteiger partial charge in [-0.15, -0.1) is 0 Å². The van der Waals surface area contributed by atoms with E-state index >= 15 is 0 Å². The molecular formula is C18H24N4O2. The van der Waals surface area contributed by atoms with E-state index in [1.165, 1.54) is 6.07 Å². The smallest absolute Gasteiger partial charge is 0.253 e. The fourth-order valence-corrected chi connectivity index (χ4v) is 3.09. The van der Waals surface area contributed by atoms with Crippen molar-refractivity contribution < 1.29 is 4.79 Å². The zero-order chi connectivity index (χ0) is 17.3. The summed E-state index contributed by atoms with van der Waals surface area (Å²) < 4.78 is 2.03. The van der Waals surface area contributed by atoms with Crippen LogP contribution in [0.3, 0.4) is 0 Å². The fraction of sp³-hybridized carbons (Fsp3) is 0.500. The Hall–Kier alpha value is -2.37. The molecule has 0 aliphatic heterocycles. The third kappa shape index (κ3) is 3.42. The summed E-state index contributed by atoms with van der Waals surface area (Å²) in [6.07, 6.45) is 2.81. The fourth-order valence-electron chi connectivity index (χ4n) is 3.09. The first-order chi connectivity index (χ1) is 11.4. The molecule has 1 amide bonds. The van der Waals surface area contributed by atoms with Crippen LogP contribution in [-0.2, 0) is 13.0 Å². The quantitative estimate of drug-likeness (QED) is 0.851. The number of nitrogens with one attached hydrogen (secondary N) is 2. The maximum Gasteiger partial charge on any atom is 0.253 e. The number of aryl methyl sites for hydroxylation is 3. The van der Waals surface area contributed by atoms with E-state index < -0.39 is 0 Å². The number of nitrogens with zero attached hydrogens (tertiary/aromatic N) is 2. The molecule has 2 aromatic heterocycles. The summed E-state index contributed by atoms with van der Waals surface area (Å²) >= 11 is 0. The minimum absolute atomic E-state index is 0.105. The largest absolute Gasteiger partial charge is 0.351 e. The van der Waals surface area contributed by atoms with Crippen molar-refractivity contribution in [3.63, 3.8) is 0 Å². The lowest BCUT2D eigenvalue weighted by Crippen LogP contribution is -2.33.